The molecule has 2 amide bonds. The van der Waals surface area contributed by atoms with Crippen LogP contribution in [0.25, 0.3) is 0 Å². The summed E-state index contributed by atoms with van der Waals surface area (Å²) in [7, 11) is 1.81. The molecule has 6 heteroatoms. The van der Waals surface area contributed by atoms with Gasteiger partial charge in [0, 0.05) is 20.1 Å². The number of piperazine rings is 1. The number of carbonyl (C=O) groups is 2. The fraction of sp³-hybridized carbons (Fsp3) is 0.316. The lowest BCUT2D eigenvalue weighted by Crippen LogP contribution is -2.54. The summed E-state index contributed by atoms with van der Waals surface area (Å²) in [6, 6.07) is 12.9. The number of pyridine rings is 1. The van der Waals surface area contributed by atoms with Crippen LogP contribution in [0.4, 0.5) is 5.69 Å². The lowest BCUT2D eigenvalue weighted by molar-refractivity contribution is -0.132. The monoisotopic (exact) mass is 338 g/mol. The molecule has 2 heterocycles. The van der Waals surface area contributed by atoms with E-state index < -0.39 is 11.8 Å². The summed E-state index contributed by atoms with van der Waals surface area (Å²) in [6.45, 7) is 3.32. The van der Waals surface area contributed by atoms with Crippen LogP contribution in [-0.2, 0) is 9.59 Å². The van der Waals surface area contributed by atoms with Gasteiger partial charge in [0.25, 0.3) is 0 Å². The first-order chi connectivity index (χ1) is 12.0. The average Bonchev–Trinajstić information content (AvgIpc) is 2.61. The summed E-state index contributed by atoms with van der Waals surface area (Å²) >= 11 is 0. The van der Waals surface area contributed by atoms with Crippen molar-refractivity contribution in [3.63, 3.8) is 0 Å². The lowest BCUT2D eigenvalue weighted by Gasteiger charge is -2.38. The molecule has 6 nitrogen and oxygen atoms in total. The normalized spacial score (nSPS) is 19.0. The smallest absolute Gasteiger partial charge is 0.244 e. The van der Waals surface area contributed by atoms with Gasteiger partial charge in [0.1, 0.15) is 12.0 Å². The van der Waals surface area contributed by atoms with Crippen LogP contribution in [0.3, 0.4) is 0 Å². The van der Waals surface area contributed by atoms with Crippen molar-refractivity contribution in [2.75, 3.05) is 25.0 Å². The molecule has 3 rings (SSSR count). The van der Waals surface area contributed by atoms with Gasteiger partial charge in [-0.3, -0.25) is 14.6 Å². The number of hydrogen-bond acceptors (Lipinski definition) is 4. The fourth-order valence-corrected chi connectivity index (χ4v) is 3.23. The van der Waals surface area contributed by atoms with Crippen molar-refractivity contribution in [2.45, 2.75) is 18.9 Å². The second-order valence-corrected chi connectivity index (χ2v) is 6.32. The van der Waals surface area contributed by atoms with Gasteiger partial charge in [0.2, 0.25) is 11.8 Å². The molecular weight excluding hydrogens is 316 g/mol. The van der Waals surface area contributed by atoms with Crippen LogP contribution in [0, 0.1) is 0 Å². The maximum absolute atomic E-state index is 12.2. The van der Waals surface area contributed by atoms with Crippen molar-refractivity contribution in [1.82, 2.24) is 9.88 Å². The molecule has 0 spiro atoms. The number of nitrogens with two attached hydrogens (primary N) is 1. The molecule has 2 aromatic rings. The zero-order valence-electron chi connectivity index (χ0n) is 14.4. The van der Waals surface area contributed by atoms with E-state index in [0.29, 0.717) is 12.2 Å². The lowest BCUT2D eigenvalue weighted by atomic mass is 9.94. The first-order valence-electron chi connectivity index (χ1n) is 8.31. The Hall–Kier alpha value is -2.89. The summed E-state index contributed by atoms with van der Waals surface area (Å²) in [6.07, 6.45) is 1.71. The third-order valence-corrected chi connectivity index (χ3v) is 4.69. The summed E-state index contributed by atoms with van der Waals surface area (Å²) in [5.74, 6) is -0.925. The quantitative estimate of drug-likeness (QED) is 0.913. The number of primary amides is 1. The van der Waals surface area contributed by atoms with E-state index in [2.05, 4.69) is 4.98 Å². The zero-order chi connectivity index (χ0) is 18.0. The maximum Gasteiger partial charge on any atom is 0.244 e. The minimum Gasteiger partial charge on any atom is -0.369 e. The molecule has 0 radical (unpaired) electrons. The molecule has 1 aromatic heterocycles. The molecule has 2 atom stereocenters. The highest BCUT2D eigenvalue weighted by molar-refractivity contribution is 5.86. The number of carbonyl (C=O) groups excluding carboxylic acids is 2. The van der Waals surface area contributed by atoms with Gasteiger partial charge in [0.05, 0.1) is 17.6 Å². The van der Waals surface area contributed by atoms with E-state index in [-0.39, 0.29) is 11.9 Å². The van der Waals surface area contributed by atoms with Gasteiger partial charge < -0.3 is 15.5 Å². The Morgan fingerprint density at radius 3 is 2.52 bits per heavy atom. The first kappa shape index (κ1) is 17.0. The predicted octanol–water partition coefficient (Wildman–Crippen LogP) is 1.37. The Kier molecular flexibility index (Phi) is 4.70. The number of anilines is 1. The molecule has 0 bridgehead atoms. The van der Waals surface area contributed by atoms with Crippen LogP contribution in [0.1, 0.15) is 24.1 Å². The molecule has 1 aliphatic rings. The molecule has 2 N–H and O–H groups in total. The Morgan fingerprint density at radius 2 is 1.92 bits per heavy atom. The van der Waals surface area contributed by atoms with Gasteiger partial charge in [-0.05, 0) is 24.6 Å². The second kappa shape index (κ2) is 6.93. The Bertz CT molecular complexity index is 761. The standard InChI is InChI=1S/C19H22N4O2/c1-13-19(25)22(2)10-11-23(13)15-8-9-16(21-12-15)17(18(20)24)14-6-4-3-5-7-14/h3-9,12-13,17H,10-11H2,1-2H3,(H2,20,24). The van der Waals surface area contributed by atoms with Crippen molar-refractivity contribution in [1.29, 1.82) is 0 Å². The predicted molar refractivity (Wildman–Crippen MR) is 96.2 cm³/mol. The van der Waals surface area contributed by atoms with Gasteiger partial charge in [0.15, 0.2) is 0 Å². The van der Waals surface area contributed by atoms with Crippen LogP contribution in [0.5, 0.6) is 0 Å². The molecular formula is C19H22N4O2. The molecule has 0 saturated carbocycles. The molecule has 2 unspecified atom stereocenters. The van der Waals surface area contributed by atoms with Crippen molar-refractivity contribution in [3.05, 3.63) is 59.9 Å². The average molecular weight is 338 g/mol. The van der Waals surface area contributed by atoms with Gasteiger partial charge in [-0.1, -0.05) is 30.3 Å². The largest absolute Gasteiger partial charge is 0.369 e. The molecule has 1 fully saturated rings. The van der Waals surface area contributed by atoms with Gasteiger partial charge in [-0.2, -0.15) is 0 Å². The van der Waals surface area contributed by atoms with Crippen LogP contribution >= 0.6 is 0 Å². The van der Waals surface area contributed by atoms with E-state index >= 15 is 0 Å². The van der Waals surface area contributed by atoms with Gasteiger partial charge in [-0.15, -0.1) is 0 Å². The van der Waals surface area contributed by atoms with Crippen LogP contribution in [-0.4, -0.2) is 47.9 Å². The fourth-order valence-electron chi connectivity index (χ4n) is 3.23. The summed E-state index contributed by atoms with van der Waals surface area (Å²) in [4.78, 5) is 32.3. The van der Waals surface area contributed by atoms with E-state index in [1.165, 1.54) is 0 Å². The number of amides is 2. The van der Waals surface area contributed by atoms with Crippen molar-refractivity contribution >= 4 is 17.5 Å². The number of hydrogen-bond donors (Lipinski definition) is 1. The Morgan fingerprint density at radius 1 is 1.20 bits per heavy atom. The van der Waals surface area contributed by atoms with E-state index in [1.54, 1.807) is 11.1 Å². The topological polar surface area (TPSA) is 79.5 Å². The molecule has 130 valence electrons. The minimum atomic E-state index is -0.582. The van der Waals surface area contributed by atoms with Gasteiger partial charge in [-0.25, -0.2) is 0 Å². The van der Waals surface area contributed by atoms with Crippen LogP contribution in [0.15, 0.2) is 48.7 Å². The molecule has 1 saturated heterocycles. The molecule has 25 heavy (non-hydrogen) atoms. The highest BCUT2D eigenvalue weighted by atomic mass is 16.2. The van der Waals surface area contributed by atoms with E-state index in [0.717, 1.165) is 17.8 Å². The van der Waals surface area contributed by atoms with E-state index in [1.807, 2.05) is 61.3 Å². The zero-order valence-corrected chi connectivity index (χ0v) is 14.4. The number of benzene rings is 1. The Labute approximate surface area is 147 Å². The third-order valence-electron chi connectivity index (χ3n) is 4.69. The number of rotatable bonds is 4. The van der Waals surface area contributed by atoms with Crippen molar-refractivity contribution in [2.24, 2.45) is 5.73 Å². The second-order valence-electron chi connectivity index (χ2n) is 6.32. The molecule has 1 aliphatic heterocycles. The van der Waals surface area contributed by atoms with Crippen molar-refractivity contribution < 1.29 is 9.59 Å². The number of likely N-dealkylation sites (N-methyl/N-ethyl adjacent to an activating group) is 1. The maximum atomic E-state index is 12.2. The molecule has 0 aliphatic carbocycles. The van der Waals surface area contributed by atoms with Crippen LogP contribution in [0.2, 0.25) is 0 Å². The minimum absolute atomic E-state index is 0.0922. The SMILES string of the molecule is CC1C(=O)N(C)CCN1c1ccc(C(C(N)=O)c2ccccc2)nc1. The summed E-state index contributed by atoms with van der Waals surface area (Å²) < 4.78 is 0. The van der Waals surface area contributed by atoms with E-state index in [4.69, 9.17) is 5.73 Å². The van der Waals surface area contributed by atoms with E-state index in [9.17, 15) is 9.59 Å². The summed E-state index contributed by atoms with van der Waals surface area (Å²) in [5.41, 5.74) is 7.89. The van der Waals surface area contributed by atoms with Crippen LogP contribution < -0.4 is 10.6 Å². The van der Waals surface area contributed by atoms with Gasteiger partial charge >= 0.3 is 0 Å². The summed E-state index contributed by atoms with van der Waals surface area (Å²) in [5, 5.41) is 0. The molecule has 1 aromatic carbocycles. The Balaban J connectivity index is 1.86. The van der Waals surface area contributed by atoms with Crippen molar-refractivity contribution in [3.8, 4) is 0 Å². The first-order valence-corrected chi connectivity index (χ1v) is 8.31. The third kappa shape index (κ3) is 3.33. The highest BCUT2D eigenvalue weighted by Gasteiger charge is 2.30. The highest BCUT2D eigenvalue weighted by Crippen LogP contribution is 2.26. The number of nitrogens with zero attached hydrogens (tertiary/aromatic N) is 3. The number of aromatic nitrogens is 1.